The average Bonchev–Trinajstić information content (AvgIpc) is 2.68. The van der Waals surface area contributed by atoms with Gasteiger partial charge >= 0.3 is 5.97 Å². The Morgan fingerprint density at radius 1 is 1.80 bits per heavy atom. The molecule has 0 aliphatic heterocycles. The van der Waals surface area contributed by atoms with Crippen molar-refractivity contribution in [2.75, 3.05) is 13.1 Å². The normalized spacial score (nSPS) is 12.3. The predicted molar refractivity (Wildman–Crippen MR) is 60.8 cm³/mol. The van der Waals surface area contributed by atoms with E-state index in [9.17, 15) is 4.79 Å². The first kappa shape index (κ1) is 11.8. The van der Waals surface area contributed by atoms with Crippen molar-refractivity contribution in [3.8, 4) is 12.3 Å². The van der Waals surface area contributed by atoms with Crippen LogP contribution < -0.4 is 0 Å². The van der Waals surface area contributed by atoms with Gasteiger partial charge in [0.15, 0.2) is 0 Å². The van der Waals surface area contributed by atoms with Crippen LogP contribution in [0.5, 0.6) is 0 Å². The van der Waals surface area contributed by atoms with Crippen LogP contribution in [0.3, 0.4) is 0 Å². The minimum atomic E-state index is -0.853. The minimum absolute atomic E-state index is 0.0245. The van der Waals surface area contributed by atoms with E-state index >= 15 is 0 Å². The summed E-state index contributed by atoms with van der Waals surface area (Å²) in [5, 5.41) is 10.7. The highest BCUT2D eigenvalue weighted by molar-refractivity contribution is 7.10. The number of hydrogen-bond acceptors (Lipinski definition) is 3. The van der Waals surface area contributed by atoms with Gasteiger partial charge in [-0.2, -0.15) is 0 Å². The summed E-state index contributed by atoms with van der Waals surface area (Å²) in [5.74, 6) is 1.63. The fourth-order valence-corrected chi connectivity index (χ4v) is 2.15. The zero-order valence-electron chi connectivity index (χ0n) is 8.51. The monoisotopic (exact) mass is 223 g/mol. The second kappa shape index (κ2) is 5.54. The number of hydrogen-bond donors (Lipinski definition) is 1. The topological polar surface area (TPSA) is 40.5 Å². The highest BCUT2D eigenvalue weighted by Crippen LogP contribution is 2.23. The lowest BCUT2D eigenvalue weighted by atomic mass is 10.2. The summed E-state index contributed by atoms with van der Waals surface area (Å²) >= 11 is 1.61. The molecule has 1 atom stereocenters. The van der Waals surface area contributed by atoms with Gasteiger partial charge in [0.1, 0.15) is 0 Å². The molecule has 0 fully saturated rings. The van der Waals surface area contributed by atoms with Crippen molar-refractivity contribution in [3.63, 3.8) is 0 Å². The second-order valence-electron chi connectivity index (χ2n) is 3.19. The first-order valence-electron chi connectivity index (χ1n) is 4.58. The Bertz CT molecular complexity index is 353. The molecular formula is C11H13NO2S. The van der Waals surface area contributed by atoms with Crippen LogP contribution in [0.4, 0.5) is 0 Å². The van der Waals surface area contributed by atoms with E-state index in [1.165, 1.54) is 0 Å². The lowest BCUT2D eigenvalue weighted by Crippen LogP contribution is -2.32. The third kappa shape index (κ3) is 3.39. The third-order valence-electron chi connectivity index (χ3n) is 2.14. The van der Waals surface area contributed by atoms with Crippen molar-refractivity contribution in [1.82, 2.24) is 4.90 Å². The highest BCUT2D eigenvalue weighted by atomic mass is 32.1. The molecule has 15 heavy (non-hydrogen) atoms. The van der Waals surface area contributed by atoms with Gasteiger partial charge in [-0.05, 0) is 18.4 Å². The Hall–Kier alpha value is -1.31. The maximum absolute atomic E-state index is 10.7. The smallest absolute Gasteiger partial charge is 0.317 e. The molecule has 0 aliphatic carbocycles. The highest BCUT2D eigenvalue weighted by Gasteiger charge is 2.17. The van der Waals surface area contributed by atoms with E-state index < -0.39 is 5.97 Å². The largest absolute Gasteiger partial charge is 0.480 e. The lowest BCUT2D eigenvalue weighted by Gasteiger charge is -2.24. The molecule has 1 aromatic rings. The Morgan fingerprint density at radius 3 is 3.00 bits per heavy atom. The summed E-state index contributed by atoms with van der Waals surface area (Å²) in [6.45, 7) is 2.29. The number of aliphatic carboxylic acids is 1. The van der Waals surface area contributed by atoms with E-state index in [4.69, 9.17) is 11.5 Å². The number of carbonyl (C=O) groups is 1. The van der Waals surface area contributed by atoms with Crippen LogP contribution in [-0.4, -0.2) is 29.1 Å². The van der Waals surface area contributed by atoms with Crippen LogP contribution in [0.2, 0.25) is 0 Å². The van der Waals surface area contributed by atoms with E-state index in [0.29, 0.717) is 6.54 Å². The molecule has 1 aromatic heterocycles. The number of carboxylic acids is 1. The molecule has 0 bridgehead atoms. The number of rotatable bonds is 5. The van der Waals surface area contributed by atoms with Gasteiger partial charge in [-0.1, -0.05) is 12.0 Å². The Labute approximate surface area is 93.3 Å². The fraction of sp³-hybridized carbons (Fsp3) is 0.364. The van der Waals surface area contributed by atoms with E-state index in [1.54, 1.807) is 16.2 Å². The van der Waals surface area contributed by atoms with Crippen molar-refractivity contribution in [1.29, 1.82) is 0 Å². The maximum atomic E-state index is 10.7. The van der Waals surface area contributed by atoms with Gasteiger partial charge < -0.3 is 5.11 Å². The number of carboxylic acid groups (broad SMARTS) is 1. The van der Waals surface area contributed by atoms with Gasteiger partial charge in [-0.25, -0.2) is 0 Å². The number of terminal acetylenes is 1. The summed E-state index contributed by atoms with van der Waals surface area (Å²) in [7, 11) is 0. The van der Waals surface area contributed by atoms with E-state index in [1.807, 2.05) is 24.4 Å². The van der Waals surface area contributed by atoms with E-state index in [0.717, 1.165) is 4.88 Å². The summed E-state index contributed by atoms with van der Waals surface area (Å²) < 4.78 is 0. The fourth-order valence-electron chi connectivity index (χ4n) is 1.33. The molecule has 1 unspecified atom stereocenters. The van der Waals surface area contributed by atoms with Gasteiger partial charge in [0.25, 0.3) is 0 Å². The average molecular weight is 223 g/mol. The van der Waals surface area contributed by atoms with Crippen molar-refractivity contribution < 1.29 is 9.90 Å². The standard InChI is InChI=1S/C11H13NO2S/c1-3-6-12(8-11(13)14)9(2)10-5-4-7-15-10/h1,4-5,7,9H,6,8H2,2H3,(H,13,14). The zero-order valence-corrected chi connectivity index (χ0v) is 9.33. The van der Waals surface area contributed by atoms with Gasteiger partial charge in [0, 0.05) is 10.9 Å². The molecule has 0 spiro atoms. The zero-order chi connectivity index (χ0) is 11.3. The molecule has 4 heteroatoms. The summed E-state index contributed by atoms with van der Waals surface area (Å²) in [6, 6.07) is 3.99. The molecule has 0 radical (unpaired) electrons. The van der Waals surface area contributed by atoms with Gasteiger partial charge in [-0.3, -0.25) is 9.69 Å². The first-order chi connectivity index (χ1) is 7.15. The van der Waals surface area contributed by atoms with E-state index in [2.05, 4.69) is 5.92 Å². The van der Waals surface area contributed by atoms with Crippen molar-refractivity contribution in [3.05, 3.63) is 22.4 Å². The molecule has 0 aliphatic rings. The molecule has 0 amide bonds. The molecule has 0 saturated carbocycles. The summed E-state index contributed by atoms with van der Waals surface area (Å²) in [5.41, 5.74) is 0. The van der Waals surface area contributed by atoms with E-state index in [-0.39, 0.29) is 12.6 Å². The van der Waals surface area contributed by atoms with Gasteiger partial charge in [-0.15, -0.1) is 17.8 Å². The Balaban J connectivity index is 2.71. The third-order valence-corrected chi connectivity index (χ3v) is 3.18. The van der Waals surface area contributed by atoms with Gasteiger partial charge in [0.05, 0.1) is 13.1 Å². The summed E-state index contributed by atoms with van der Waals surface area (Å²) in [6.07, 6.45) is 5.22. The predicted octanol–water partition coefficient (Wildman–Crippen LogP) is 1.83. The van der Waals surface area contributed by atoms with Crippen molar-refractivity contribution >= 4 is 17.3 Å². The molecule has 1 N–H and O–H groups in total. The number of thiophene rings is 1. The molecule has 3 nitrogen and oxygen atoms in total. The van der Waals surface area contributed by atoms with Crippen LogP contribution in [0.15, 0.2) is 17.5 Å². The van der Waals surface area contributed by atoms with Crippen LogP contribution in [-0.2, 0) is 4.79 Å². The molecular weight excluding hydrogens is 210 g/mol. The first-order valence-corrected chi connectivity index (χ1v) is 5.46. The minimum Gasteiger partial charge on any atom is -0.480 e. The molecule has 1 rings (SSSR count). The molecule has 1 heterocycles. The maximum Gasteiger partial charge on any atom is 0.317 e. The number of nitrogens with zero attached hydrogens (tertiary/aromatic N) is 1. The molecule has 80 valence electrons. The molecule has 0 aromatic carbocycles. The van der Waals surface area contributed by atoms with Crippen LogP contribution >= 0.6 is 11.3 Å². The van der Waals surface area contributed by atoms with Crippen LogP contribution in [0.25, 0.3) is 0 Å². The van der Waals surface area contributed by atoms with Crippen molar-refractivity contribution in [2.45, 2.75) is 13.0 Å². The Morgan fingerprint density at radius 2 is 2.53 bits per heavy atom. The van der Waals surface area contributed by atoms with Crippen LogP contribution in [0.1, 0.15) is 17.8 Å². The summed E-state index contributed by atoms with van der Waals surface area (Å²) in [4.78, 5) is 13.5. The van der Waals surface area contributed by atoms with Crippen molar-refractivity contribution in [2.24, 2.45) is 0 Å². The van der Waals surface area contributed by atoms with Gasteiger partial charge in [0.2, 0.25) is 0 Å². The quantitative estimate of drug-likeness (QED) is 0.774. The SMILES string of the molecule is C#CCN(CC(=O)O)C(C)c1cccs1. The van der Waals surface area contributed by atoms with Crippen LogP contribution in [0, 0.1) is 12.3 Å². The Kier molecular flexibility index (Phi) is 4.35. The lowest BCUT2D eigenvalue weighted by molar-refractivity contribution is -0.138. The second-order valence-corrected chi connectivity index (χ2v) is 4.17. The molecule has 0 saturated heterocycles.